The molecule has 3 rings (SSSR count). The van der Waals surface area contributed by atoms with Gasteiger partial charge in [0.25, 0.3) is 5.91 Å². The first-order valence-corrected chi connectivity index (χ1v) is 7.49. The second-order valence-electron chi connectivity index (χ2n) is 5.35. The number of carbonyl (C=O) groups is 1. The Hall–Kier alpha value is -2.62. The minimum absolute atomic E-state index is 0.0674. The molecule has 2 heterocycles. The number of amides is 1. The Morgan fingerprint density at radius 3 is 2.91 bits per heavy atom. The first-order valence-electron chi connectivity index (χ1n) is 7.49. The van der Waals surface area contributed by atoms with Crippen LogP contribution in [0, 0.1) is 6.92 Å². The normalized spacial score (nSPS) is 10.8. The number of benzene rings is 1. The molecule has 4 nitrogen and oxygen atoms in total. The maximum absolute atomic E-state index is 11.9. The molecule has 1 aromatic carbocycles. The van der Waals surface area contributed by atoms with Gasteiger partial charge in [0, 0.05) is 36.7 Å². The zero-order valence-corrected chi connectivity index (χ0v) is 12.6. The lowest BCUT2D eigenvalue weighted by atomic mass is 10.2. The van der Waals surface area contributed by atoms with Gasteiger partial charge in [0.1, 0.15) is 0 Å². The number of hydrogen-bond acceptors (Lipinski definition) is 2. The van der Waals surface area contributed by atoms with Crippen molar-refractivity contribution < 1.29 is 4.79 Å². The smallest absolute Gasteiger partial charge is 0.252 e. The van der Waals surface area contributed by atoms with E-state index in [0.717, 1.165) is 13.0 Å². The lowest BCUT2D eigenvalue weighted by Crippen LogP contribution is -2.25. The standard InChI is InChI=1S/C18H19N3O/c1-14-12-15-6-2-3-8-17(15)21(14)11-5-10-20-18(22)16-7-4-9-19-13-16/h2-4,6-9,12-13H,5,10-11H2,1H3,(H,20,22). The van der Waals surface area contributed by atoms with Crippen LogP contribution in [0.5, 0.6) is 0 Å². The van der Waals surface area contributed by atoms with Crippen LogP contribution in [-0.2, 0) is 6.54 Å². The number of fused-ring (bicyclic) bond motifs is 1. The molecule has 0 atom stereocenters. The Bertz CT molecular complexity index is 777. The number of nitrogens with one attached hydrogen (secondary N) is 1. The highest BCUT2D eigenvalue weighted by atomic mass is 16.1. The molecule has 0 radical (unpaired) electrons. The number of pyridine rings is 1. The van der Waals surface area contributed by atoms with Gasteiger partial charge in [0.2, 0.25) is 0 Å². The zero-order chi connectivity index (χ0) is 15.4. The average molecular weight is 293 g/mol. The van der Waals surface area contributed by atoms with E-state index in [1.54, 1.807) is 24.5 Å². The zero-order valence-electron chi connectivity index (χ0n) is 12.6. The Kier molecular flexibility index (Phi) is 4.19. The maximum atomic E-state index is 11.9. The molecule has 0 fully saturated rings. The van der Waals surface area contributed by atoms with E-state index in [2.05, 4.69) is 52.1 Å². The predicted molar refractivity (Wildman–Crippen MR) is 87.9 cm³/mol. The van der Waals surface area contributed by atoms with Crippen molar-refractivity contribution in [2.75, 3.05) is 6.54 Å². The van der Waals surface area contributed by atoms with Crippen LogP contribution in [0.4, 0.5) is 0 Å². The van der Waals surface area contributed by atoms with Gasteiger partial charge in [-0.25, -0.2) is 0 Å². The highest BCUT2D eigenvalue weighted by molar-refractivity contribution is 5.93. The maximum Gasteiger partial charge on any atom is 0.252 e. The molecule has 0 spiro atoms. The molecule has 1 amide bonds. The molecule has 0 aliphatic heterocycles. The largest absolute Gasteiger partial charge is 0.352 e. The number of aromatic nitrogens is 2. The van der Waals surface area contributed by atoms with Gasteiger partial charge in [-0.2, -0.15) is 0 Å². The Morgan fingerprint density at radius 2 is 2.09 bits per heavy atom. The molecule has 3 aromatic rings. The molecular weight excluding hydrogens is 274 g/mol. The van der Waals surface area contributed by atoms with E-state index in [1.807, 2.05) is 0 Å². The molecule has 1 N–H and O–H groups in total. The van der Waals surface area contributed by atoms with Gasteiger partial charge in [-0.05, 0) is 43.0 Å². The number of carbonyl (C=O) groups excluding carboxylic acids is 1. The van der Waals surface area contributed by atoms with Crippen molar-refractivity contribution >= 4 is 16.8 Å². The second-order valence-corrected chi connectivity index (χ2v) is 5.35. The molecule has 0 saturated carbocycles. The van der Waals surface area contributed by atoms with E-state index >= 15 is 0 Å². The van der Waals surface area contributed by atoms with Crippen LogP contribution in [0.3, 0.4) is 0 Å². The van der Waals surface area contributed by atoms with Crippen molar-refractivity contribution in [3.63, 3.8) is 0 Å². The molecule has 0 unspecified atom stereocenters. The minimum atomic E-state index is -0.0674. The Morgan fingerprint density at radius 1 is 1.23 bits per heavy atom. The molecular formula is C18H19N3O. The quantitative estimate of drug-likeness (QED) is 0.734. The molecule has 4 heteroatoms. The van der Waals surface area contributed by atoms with Gasteiger partial charge in [0.15, 0.2) is 0 Å². The minimum Gasteiger partial charge on any atom is -0.352 e. The Balaban J connectivity index is 1.57. The van der Waals surface area contributed by atoms with E-state index in [9.17, 15) is 4.79 Å². The van der Waals surface area contributed by atoms with Gasteiger partial charge in [0.05, 0.1) is 5.56 Å². The molecule has 0 aliphatic carbocycles. The van der Waals surface area contributed by atoms with Crippen LogP contribution in [0.15, 0.2) is 54.9 Å². The number of nitrogens with zero attached hydrogens (tertiary/aromatic N) is 2. The van der Waals surface area contributed by atoms with Crippen molar-refractivity contribution in [3.8, 4) is 0 Å². The van der Waals surface area contributed by atoms with Gasteiger partial charge in [-0.15, -0.1) is 0 Å². The molecule has 0 saturated heterocycles. The third-order valence-electron chi connectivity index (χ3n) is 3.79. The van der Waals surface area contributed by atoms with Crippen LogP contribution in [0.25, 0.3) is 10.9 Å². The van der Waals surface area contributed by atoms with Crippen molar-refractivity contribution in [1.82, 2.24) is 14.9 Å². The summed E-state index contributed by atoms with van der Waals surface area (Å²) in [6.45, 7) is 3.67. The Labute approximate surface area is 129 Å². The van der Waals surface area contributed by atoms with Crippen LogP contribution in [-0.4, -0.2) is 22.0 Å². The number of aryl methyl sites for hydroxylation is 2. The van der Waals surface area contributed by atoms with E-state index in [0.29, 0.717) is 12.1 Å². The summed E-state index contributed by atoms with van der Waals surface area (Å²) in [5, 5.41) is 4.20. The topological polar surface area (TPSA) is 46.9 Å². The highest BCUT2D eigenvalue weighted by Crippen LogP contribution is 2.19. The van der Waals surface area contributed by atoms with Crippen molar-refractivity contribution in [3.05, 3.63) is 66.1 Å². The summed E-state index contributed by atoms with van der Waals surface area (Å²) < 4.78 is 2.30. The summed E-state index contributed by atoms with van der Waals surface area (Å²) in [7, 11) is 0. The van der Waals surface area contributed by atoms with E-state index in [-0.39, 0.29) is 5.91 Å². The summed E-state index contributed by atoms with van der Waals surface area (Å²) >= 11 is 0. The fourth-order valence-electron chi connectivity index (χ4n) is 2.68. The van der Waals surface area contributed by atoms with Crippen molar-refractivity contribution in [2.45, 2.75) is 19.9 Å². The second kappa shape index (κ2) is 6.43. The van der Waals surface area contributed by atoms with Crippen molar-refractivity contribution in [1.29, 1.82) is 0 Å². The molecule has 0 aliphatic rings. The predicted octanol–water partition coefficient (Wildman–Crippen LogP) is 3.16. The number of hydrogen-bond donors (Lipinski definition) is 1. The van der Waals surface area contributed by atoms with Gasteiger partial charge in [-0.3, -0.25) is 9.78 Å². The lowest BCUT2D eigenvalue weighted by molar-refractivity contribution is 0.0952. The van der Waals surface area contributed by atoms with Crippen LogP contribution in [0.2, 0.25) is 0 Å². The first-order chi connectivity index (χ1) is 10.8. The fourth-order valence-corrected chi connectivity index (χ4v) is 2.68. The van der Waals surface area contributed by atoms with E-state index in [1.165, 1.54) is 16.6 Å². The van der Waals surface area contributed by atoms with Gasteiger partial charge < -0.3 is 9.88 Å². The summed E-state index contributed by atoms with van der Waals surface area (Å²) in [4.78, 5) is 15.9. The fraction of sp³-hybridized carbons (Fsp3) is 0.222. The summed E-state index contributed by atoms with van der Waals surface area (Å²) in [6, 6.07) is 14.1. The van der Waals surface area contributed by atoms with Crippen LogP contribution >= 0.6 is 0 Å². The SMILES string of the molecule is Cc1cc2ccccc2n1CCCNC(=O)c1cccnc1. The summed E-state index contributed by atoms with van der Waals surface area (Å²) in [5.41, 5.74) is 3.10. The molecule has 22 heavy (non-hydrogen) atoms. The van der Waals surface area contributed by atoms with Gasteiger partial charge in [-0.1, -0.05) is 18.2 Å². The van der Waals surface area contributed by atoms with Crippen LogP contribution in [0.1, 0.15) is 22.5 Å². The third kappa shape index (κ3) is 3.01. The lowest BCUT2D eigenvalue weighted by Gasteiger charge is -2.09. The average Bonchev–Trinajstić information content (AvgIpc) is 2.88. The molecule has 2 aromatic heterocycles. The van der Waals surface area contributed by atoms with Crippen LogP contribution < -0.4 is 5.32 Å². The summed E-state index contributed by atoms with van der Waals surface area (Å²) in [6.07, 6.45) is 4.14. The van der Waals surface area contributed by atoms with Crippen molar-refractivity contribution in [2.24, 2.45) is 0 Å². The summed E-state index contributed by atoms with van der Waals surface area (Å²) in [5.74, 6) is -0.0674. The monoisotopic (exact) mass is 293 g/mol. The van der Waals surface area contributed by atoms with Gasteiger partial charge >= 0.3 is 0 Å². The molecule has 112 valence electrons. The number of rotatable bonds is 5. The van der Waals surface area contributed by atoms with E-state index < -0.39 is 0 Å². The third-order valence-corrected chi connectivity index (χ3v) is 3.79. The number of para-hydroxylation sites is 1. The highest BCUT2D eigenvalue weighted by Gasteiger charge is 2.06. The molecule has 0 bridgehead atoms. The van der Waals surface area contributed by atoms with E-state index in [4.69, 9.17) is 0 Å². The first kappa shape index (κ1) is 14.3.